The average Bonchev–Trinajstić information content (AvgIpc) is 3.03. The third kappa shape index (κ3) is 4.54. The summed E-state index contributed by atoms with van der Waals surface area (Å²) in [6.07, 6.45) is 3.92. The van der Waals surface area contributed by atoms with Gasteiger partial charge in [-0.25, -0.2) is 4.79 Å². The van der Waals surface area contributed by atoms with Gasteiger partial charge >= 0.3 is 5.97 Å². The van der Waals surface area contributed by atoms with Gasteiger partial charge in [-0.3, -0.25) is 9.59 Å². The van der Waals surface area contributed by atoms with Gasteiger partial charge in [0, 0.05) is 32.0 Å². The van der Waals surface area contributed by atoms with E-state index in [2.05, 4.69) is 0 Å². The number of piperidine rings is 1. The van der Waals surface area contributed by atoms with Crippen LogP contribution in [-0.2, 0) is 25.7 Å². The first-order chi connectivity index (χ1) is 13.5. The molecule has 28 heavy (non-hydrogen) atoms. The molecular weight excluding hydrogens is 356 g/mol. The predicted octanol–water partition coefficient (Wildman–Crippen LogP) is 2.82. The molecule has 3 rings (SSSR count). The zero-order valence-electron chi connectivity index (χ0n) is 16.9. The van der Waals surface area contributed by atoms with E-state index in [0.717, 1.165) is 24.0 Å². The minimum Gasteiger partial charge on any atom is -0.464 e. The summed E-state index contributed by atoms with van der Waals surface area (Å²) in [6.45, 7) is 5.25. The maximum absolute atomic E-state index is 13.0. The van der Waals surface area contributed by atoms with Crippen LogP contribution in [0.15, 0.2) is 24.3 Å². The highest BCUT2D eigenvalue weighted by Crippen LogP contribution is 2.27. The minimum absolute atomic E-state index is 0.0489. The zero-order valence-corrected chi connectivity index (χ0v) is 16.9. The molecule has 0 saturated carbocycles. The summed E-state index contributed by atoms with van der Waals surface area (Å²) in [5, 5.41) is 0. The lowest BCUT2D eigenvalue weighted by Crippen LogP contribution is -2.50. The van der Waals surface area contributed by atoms with Gasteiger partial charge in [0.2, 0.25) is 11.8 Å². The first-order valence-electron chi connectivity index (χ1n) is 10.3. The van der Waals surface area contributed by atoms with E-state index in [-0.39, 0.29) is 30.2 Å². The number of rotatable bonds is 6. The van der Waals surface area contributed by atoms with E-state index in [0.29, 0.717) is 39.0 Å². The van der Waals surface area contributed by atoms with Crippen molar-refractivity contribution in [2.24, 2.45) is 0 Å². The third-order valence-corrected chi connectivity index (χ3v) is 5.85. The predicted molar refractivity (Wildman–Crippen MR) is 105 cm³/mol. The largest absolute Gasteiger partial charge is 0.464 e. The highest BCUT2D eigenvalue weighted by atomic mass is 16.5. The molecule has 0 aromatic heterocycles. The monoisotopic (exact) mass is 386 g/mol. The molecule has 2 saturated heterocycles. The van der Waals surface area contributed by atoms with E-state index < -0.39 is 6.04 Å². The molecule has 0 N–H and O–H groups in total. The maximum Gasteiger partial charge on any atom is 0.328 e. The number of benzene rings is 1. The molecule has 1 aromatic rings. The number of carbonyl (C=O) groups excluding carboxylic acids is 3. The molecule has 2 amide bonds. The Morgan fingerprint density at radius 2 is 1.96 bits per heavy atom. The van der Waals surface area contributed by atoms with Crippen molar-refractivity contribution in [3.63, 3.8) is 0 Å². The molecule has 6 heteroatoms. The average molecular weight is 386 g/mol. The number of esters is 1. The number of likely N-dealkylation sites (tertiary alicyclic amines) is 2. The van der Waals surface area contributed by atoms with E-state index in [9.17, 15) is 14.4 Å². The normalized spacial score (nSPS) is 22.4. The number of carbonyl (C=O) groups is 3. The van der Waals surface area contributed by atoms with Crippen LogP contribution in [0.5, 0.6) is 0 Å². The second kappa shape index (κ2) is 9.22. The Hall–Kier alpha value is -2.37. The molecule has 2 heterocycles. The molecule has 152 valence electrons. The van der Waals surface area contributed by atoms with Crippen LogP contribution in [0.4, 0.5) is 0 Å². The van der Waals surface area contributed by atoms with Gasteiger partial charge in [-0.1, -0.05) is 24.3 Å². The van der Waals surface area contributed by atoms with Crippen LogP contribution in [0, 0.1) is 6.92 Å². The number of ether oxygens (including phenoxy) is 1. The smallest absolute Gasteiger partial charge is 0.328 e. The molecule has 2 fully saturated rings. The molecule has 1 aromatic carbocycles. The molecule has 2 atom stereocenters. The second-order valence-electron chi connectivity index (χ2n) is 7.70. The molecule has 0 radical (unpaired) electrons. The number of amides is 2. The fourth-order valence-electron chi connectivity index (χ4n) is 4.23. The quantitative estimate of drug-likeness (QED) is 0.705. The van der Waals surface area contributed by atoms with Gasteiger partial charge in [0.1, 0.15) is 6.04 Å². The summed E-state index contributed by atoms with van der Waals surface area (Å²) in [7, 11) is 0. The van der Waals surface area contributed by atoms with Crippen LogP contribution in [-0.4, -0.2) is 52.8 Å². The molecule has 0 spiro atoms. The lowest BCUT2D eigenvalue weighted by molar-refractivity contribution is -0.157. The minimum atomic E-state index is -0.483. The Kier molecular flexibility index (Phi) is 6.70. The van der Waals surface area contributed by atoms with Crippen molar-refractivity contribution >= 4 is 17.8 Å². The fourth-order valence-corrected chi connectivity index (χ4v) is 4.23. The van der Waals surface area contributed by atoms with E-state index >= 15 is 0 Å². The van der Waals surface area contributed by atoms with Gasteiger partial charge in [0.15, 0.2) is 0 Å². The molecule has 2 aliphatic heterocycles. The lowest BCUT2D eigenvalue weighted by atomic mass is 10.00. The van der Waals surface area contributed by atoms with Crippen molar-refractivity contribution in [3.05, 3.63) is 35.4 Å². The fraction of sp³-hybridized carbons (Fsp3) is 0.591. The highest BCUT2D eigenvalue weighted by Gasteiger charge is 2.37. The van der Waals surface area contributed by atoms with Crippen LogP contribution >= 0.6 is 0 Å². The third-order valence-electron chi connectivity index (χ3n) is 5.85. The molecule has 2 aliphatic rings. The van der Waals surface area contributed by atoms with Gasteiger partial charge in [-0.2, -0.15) is 0 Å². The molecule has 2 unspecified atom stereocenters. The standard InChI is InChI=1S/C22H30N2O4/c1-3-28-22(27)19-10-6-7-13-23(19)21(26)14-18-11-12-20(25)24(18)15-17-9-5-4-8-16(17)2/h4-5,8-9,18-19H,3,6-7,10-15H2,1-2H3. The molecule has 0 bridgehead atoms. The Morgan fingerprint density at radius 1 is 1.18 bits per heavy atom. The lowest BCUT2D eigenvalue weighted by Gasteiger charge is -2.35. The molecule has 6 nitrogen and oxygen atoms in total. The van der Waals surface area contributed by atoms with Crippen LogP contribution in [0.25, 0.3) is 0 Å². The van der Waals surface area contributed by atoms with Gasteiger partial charge in [-0.05, 0) is 50.7 Å². The van der Waals surface area contributed by atoms with Crippen LogP contribution < -0.4 is 0 Å². The van der Waals surface area contributed by atoms with Crippen molar-refractivity contribution in [2.45, 2.75) is 71.0 Å². The van der Waals surface area contributed by atoms with Gasteiger partial charge in [-0.15, -0.1) is 0 Å². The summed E-state index contributed by atoms with van der Waals surface area (Å²) in [6, 6.07) is 7.43. The highest BCUT2D eigenvalue weighted by molar-refractivity contribution is 5.86. The van der Waals surface area contributed by atoms with E-state index in [1.54, 1.807) is 11.8 Å². The van der Waals surface area contributed by atoms with Gasteiger partial charge < -0.3 is 14.5 Å². The maximum atomic E-state index is 13.0. The Morgan fingerprint density at radius 3 is 2.71 bits per heavy atom. The van der Waals surface area contributed by atoms with Gasteiger partial charge in [0.05, 0.1) is 6.61 Å². The van der Waals surface area contributed by atoms with Crippen molar-refractivity contribution in [1.82, 2.24) is 9.80 Å². The summed E-state index contributed by atoms with van der Waals surface area (Å²) in [5.41, 5.74) is 2.25. The number of hydrogen-bond acceptors (Lipinski definition) is 4. The zero-order chi connectivity index (χ0) is 20.1. The second-order valence-corrected chi connectivity index (χ2v) is 7.70. The number of nitrogens with zero attached hydrogens (tertiary/aromatic N) is 2. The van der Waals surface area contributed by atoms with Crippen LogP contribution in [0.2, 0.25) is 0 Å². The first-order valence-corrected chi connectivity index (χ1v) is 10.3. The van der Waals surface area contributed by atoms with E-state index in [1.165, 1.54) is 0 Å². The number of hydrogen-bond donors (Lipinski definition) is 0. The summed E-state index contributed by atoms with van der Waals surface area (Å²) < 4.78 is 5.16. The van der Waals surface area contributed by atoms with E-state index in [1.807, 2.05) is 36.1 Å². The summed E-state index contributed by atoms with van der Waals surface area (Å²) in [5.74, 6) is -0.260. The van der Waals surface area contributed by atoms with Crippen LogP contribution in [0.3, 0.4) is 0 Å². The van der Waals surface area contributed by atoms with Crippen molar-refractivity contribution < 1.29 is 19.1 Å². The first kappa shape index (κ1) is 20.4. The van der Waals surface area contributed by atoms with Crippen molar-refractivity contribution in [1.29, 1.82) is 0 Å². The van der Waals surface area contributed by atoms with E-state index in [4.69, 9.17) is 4.74 Å². The van der Waals surface area contributed by atoms with Crippen molar-refractivity contribution in [2.75, 3.05) is 13.2 Å². The Labute approximate surface area is 166 Å². The van der Waals surface area contributed by atoms with Crippen LogP contribution in [0.1, 0.15) is 56.6 Å². The Bertz CT molecular complexity index is 733. The SMILES string of the molecule is CCOC(=O)C1CCCCN1C(=O)CC1CCC(=O)N1Cc1ccccc1C. The molecule has 0 aliphatic carbocycles. The van der Waals surface area contributed by atoms with Crippen molar-refractivity contribution in [3.8, 4) is 0 Å². The molecular formula is C22H30N2O4. The van der Waals surface area contributed by atoms with Gasteiger partial charge in [0.25, 0.3) is 0 Å². The number of aryl methyl sites for hydroxylation is 1. The topological polar surface area (TPSA) is 66.9 Å². The Balaban J connectivity index is 1.68. The summed E-state index contributed by atoms with van der Waals surface area (Å²) in [4.78, 5) is 41.2. The summed E-state index contributed by atoms with van der Waals surface area (Å²) >= 11 is 0.